The predicted octanol–water partition coefficient (Wildman–Crippen LogP) is 6.26. The molecule has 1 saturated carbocycles. The van der Waals surface area contributed by atoms with Crippen molar-refractivity contribution in [1.29, 1.82) is 0 Å². The first-order valence-corrected chi connectivity index (χ1v) is 12.2. The number of fused-ring (bicyclic) bond motifs is 3. The van der Waals surface area contributed by atoms with E-state index in [1.54, 1.807) is 0 Å². The topological polar surface area (TPSA) is 38.4 Å². The van der Waals surface area contributed by atoms with E-state index in [1.165, 1.54) is 25.0 Å². The van der Waals surface area contributed by atoms with Gasteiger partial charge in [-0.05, 0) is 81.9 Å². The molecule has 1 aromatic carbocycles. The number of halogens is 1. The standard InChI is InChI=1S/C26H32ClN5/c1-5-12-30(13-10-20-8-9-20)16-23-19(4)29-26-31(23)22-7-6-11-28-25(22)32(26)24-18(3)14-17(2)15-21(24)27/h6-7,11,14-15,20H,5,8-10,12-13,16H2,1-4H3. The Balaban J connectivity index is 1.67. The molecule has 1 aliphatic rings. The fourth-order valence-electron chi connectivity index (χ4n) is 4.93. The van der Waals surface area contributed by atoms with Crippen molar-refractivity contribution in [2.24, 2.45) is 5.92 Å². The lowest BCUT2D eigenvalue weighted by Gasteiger charge is -2.21. The lowest BCUT2D eigenvalue weighted by Crippen LogP contribution is -2.26. The van der Waals surface area contributed by atoms with E-state index in [-0.39, 0.29) is 0 Å². The number of aromatic nitrogens is 4. The zero-order valence-corrected chi connectivity index (χ0v) is 20.3. The lowest BCUT2D eigenvalue weighted by molar-refractivity contribution is 0.254. The summed E-state index contributed by atoms with van der Waals surface area (Å²) in [5.74, 6) is 1.83. The van der Waals surface area contributed by atoms with Gasteiger partial charge < -0.3 is 0 Å². The van der Waals surface area contributed by atoms with Gasteiger partial charge in [0.1, 0.15) is 0 Å². The minimum atomic E-state index is 0.729. The smallest absolute Gasteiger partial charge is 0.221 e. The van der Waals surface area contributed by atoms with Crippen molar-refractivity contribution in [3.63, 3.8) is 0 Å². The molecule has 1 aliphatic carbocycles. The minimum absolute atomic E-state index is 0.729. The van der Waals surface area contributed by atoms with Crippen molar-refractivity contribution >= 4 is 28.5 Å². The highest BCUT2D eigenvalue weighted by atomic mass is 35.5. The second kappa shape index (κ2) is 8.53. The van der Waals surface area contributed by atoms with E-state index in [1.807, 2.05) is 18.3 Å². The molecule has 0 atom stereocenters. The van der Waals surface area contributed by atoms with Gasteiger partial charge >= 0.3 is 0 Å². The van der Waals surface area contributed by atoms with Gasteiger partial charge in [-0.2, -0.15) is 0 Å². The van der Waals surface area contributed by atoms with Crippen LogP contribution in [-0.2, 0) is 6.54 Å². The summed E-state index contributed by atoms with van der Waals surface area (Å²) in [4.78, 5) is 12.4. The largest absolute Gasteiger partial charge is 0.298 e. The van der Waals surface area contributed by atoms with Crippen LogP contribution in [0.3, 0.4) is 0 Å². The number of benzene rings is 1. The molecule has 0 aliphatic heterocycles. The van der Waals surface area contributed by atoms with Crippen LogP contribution in [0.5, 0.6) is 0 Å². The summed E-state index contributed by atoms with van der Waals surface area (Å²) in [6.07, 6.45) is 7.13. The van der Waals surface area contributed by atoms with Gasteiger partial charge in [-0.15, -0.1) is 0 Å². The van der Waals surface area contributed by atoms with E-state index in [0.29, 0.717) is 0 Å². The molecular weight excluding hydrogens is 418 g/mol. The molecule has 168 valence electrons. The highest BCUT2D eigenvalue weighted by Gasteiger charge is 2.25. The Morgan fingerprint density at radius 3 is 2.69 bits per heavy atom. The normalized spacial score (nSPS) is 14.3. The molecule has 3 aromatic heterocycles. The van der Waals surface area contributed by atoms with E-state index in [0.717, 1.165) is 76.4 Å². The van der Waals surface area contributed by atoms with Crippen LogP contribution in [0.25, 0.3) is 22.6 Å². The first-order chi connectivity index (χ1) is 15.5. The van der Waals surface area contributed by atoms with Gasteiger partial charge in [-0.1, -0.05) is 37.4 Å². The van der Waals surface area contributed by atoms with E-state index < -0.39 is 0 Å². The average molecular weight is 450 g/mol. The molecule has 0 N–H and O–H groups in total. The van der Waals surface area contributed by atoms with E-state index in [4.69, 9.17) is 21.6 Å². The molecule has 5 rings (SSSR count). The second-order valence-corrected chi connectivity index (χ2v) is 9.79. The van der Waals surface area contributed by atoms with Crippen molar-refractivity contribution in [3.05, 3.63) is 58.0 Å². The molecule has 4 aromatic rings. The average Bonchev–Trinajstić information content (AvgIpc) is 3.46. The Bertz CT molecular complexity index is 1260. The molecule has 0 unspecified atom stereocenters. The SMILES string of the molecule is CCCN(CCC1CC1)Cc1c(C)nc2n(-c3c(C)cc(C)cc3Cl)c3ncccc3n12. The predicted molar refractivity (Wildman–Crippen MR) is 132 cm³/mol. The molecule has 0 saturated heterocycles. The highest BCUT2D eigenvalue weighted by molar-refractivity contribution is 6.32. The van der Waals surface area contributed by atoms with Crippen LogP contribution in [0.4, 0.5) is 0 Å². The van der Waals surface area contributed by atoms with Crippen molar-refractivity contribution in [1.82, 2.24) is 23.8 Å². The van der Waals surface area contributed by atoms with E-state index in [9.17, 15) is 0 Å². The number of nitrogens with zero attached hydrogens (tertiary/aromatic N) is 5. The molecule has 1 fully saturated rings. The van der Waals surface area contributed by atoms with Crippen molar-refractivity contribution in [2.45, 2.75) is 59.9 Å². The lowest BCUT2D eigenvalue weighted by atomic mass is 10.1. The summed E-state index contributed by atoms with van der Waals surface area (Å²) in [7, 11) is 0. The van der Waals surface area contributed by atoms with E-state index in [2.05, 4.69) is 53.7 Å². The third-order valence-corrected chi connectivity index (χ3v) is 6.95. The summed E-state index contributed by atoms with van der Waals surface area (Å²) in [6, 6.07) is 8.34. The van der Waals surface area contributed by atoms with Crippen LogP contribution >= 0.6 is 11.6 Å². The fourth-order valence-corrected chi connectivity index (χ4v) is 5.34. The first kappa shape index (κ1) is 21.5. The van der Waals surface area contributed by atoms with E-state index >= 15 is 0 Å². The number of aryl methyl sites for hydroxylation is 3. The Morgan fingerprint density at radius 1 is 1.16 bits per heavy atom. The molecule has 0 amide bonds. The Morgan fingerprint density at radius 2 is 1.97 bits per heavy atom. The van der Waals surface area contributed by atoms with Crippen LogP contribution in [0.15, 0.2) is 30.5 Å². The Hall–Kier alpha value is -2.37. The second-order valence-electron chi connectivity index (χ2n) is 9.38. The zero-order valence-electron chi connectivity index (χ0n) is 19.5. The summed E-state index contributed by atoms with van der Waals surface area (Å²) in [6.45, 7) is 11.7. The highest BCUT2D eigenvalue weighted by Crippen LogP contribution is 2.34. The van der Waals surface area contributed by atoms with Crippen LogP contribution in [0.1, 0.15) is 55.1 Å². The fraction of sp³-hybridized carbons (Fsp3) is 0.462. The molecule has 5 nitrogen and oxygen atoms in total. The van der Waals surface area contributed by atoms with Crippen LogP contribution in [0.2, 0.25) is 5.02 Å². The molecule has 0 bridgehead atoms. The number of hydrogen-bond acceptors (Lipinski definition) is 3. The summed E-state index contributed by atoms with van der Waals surface area (Å²) < 4.78 is 4.43. The van der Waals surface area contributed by atoms with Gasteiger partial charge in [0.05, 0.1) is 27.6 Å². The third kappa shape index (κ3) is 3.82. The number of imidazole rings is 2. The molecule has 32 heavy (non-hydrogen) atoms. The molecule has 0 radical (unpaired) electrons. The van der Waals surface area contributed by atoms with Gasteiger partial charge in [-0.25, -0.2) is 9.97 Å². The van der Waals surface area contributed by atoms with Crippen molar-refractivity contribution < 1.29 is 0 Å². The zero-order chi connectivity index (χ0) is 22.4. The maximum Gasteiger partial charge on any atom is 0.221 e. The molecule has 3 heterocycles. The summed E-state index contributed by atoms with van der Waals surface area (Å²) in [5.41, 5.74) is 7.54. The molecule has 6 heteroatoms. The minimum Gasteiger partial charge on any atom is -0.298 e. The number of hydrogen-bond donors (Lipinski definition) is 0. The van der Waals surface area contributed by atoms with Crippen LogP contribution in [-0.4, -0.2) is 36.9 Å². The van der Waals surface area contributed by atoms with Crippen molar-refractivity contribution in [2.75, 3.05) is 13.1 Å². The summed E-state index contributed by atoms with van der Waals surface area (Å²) in [5, 5.41) is 0.729. The quantitative estimate of drug-likeness (QED) is 0.318. The summed E-state index contributed by atoms with van der Waals surface area (Å²) >= 11 is 6.78. The van der Waals surface area contributed by atoms with Crippen molar-refractivity contribution in [3.8, 4) is 5.69 Å². The number of rotatable bonds is 8. The monoisotopic (exact) mass is 449 g/mol. The van der Waals surface area contributed by atoms with Gasteiger partial charge in [-0.3, -0.25) is 13.9 Å². The van der Waals surface area contributed by atoms with Gasteiger partial charge in [0.2, 0.25) is 5.78 Å². The van der Waals surface area contributed by atoms with Crippen LogP contribution < -0.4 is 0 Å². The third-order valence-electron chi connectivity index (χ3n) is 6.66. The van der Waals surface area contributed by atoms with Gasteiger partial charge in [0, 0.05) is 12.7 Å². The molecular formula is C26H32ClN5. The maximum atomic E-state index is 6.78. The van der Waals surface area contributed by atoms with Gasteiger partial charge in [0.15, 0.2) is 5.65 Å². The molecule has 0 spiro atoms. The Labute approximate surface area is 195 Å². The maximum absolute atomic E-state index is 6.78. The van der Waals surface area contributed by atoms with Gasteiger partial charge in [0.25, 0.3) is 0 Å². The van der Waals surface area contributed by atoms with Crippen LogP contribution in [0, 0.1) is 26.7 Å². The number of pyridine rings is 1. The first-order valence-electron chi connectivity index (χ1n) is 11.8. The Kier molecular flexibility index (Phi) is 5.72.